The molecule has 0 aromatic heterocycles. The Kier molecular flexibility index (Phi) is 7.09. The van der Waals surface area contributed by atoms with Crippen LogP contribution in [0.3, 0.4) is 0 Å². The minimum absolute atomic E-state index is 0.163. The first-order chi connectivity index (χ1) is 13.5. The normalized spacial score (nSPS) is 13.9. The molecule has 0 bridgehead atoms. The van der Waals surface area contributed by atoms with Crippen LogP contribution in [0.1, 0.15) is 35.3 Å². The highest BCUT2D eigenvalue weighted by molar-refractivity contribution is 6.37. The number of benzene rings is 2. The van der Waals surface area contributed by atoms with Gasteiger partial charge in [0, 0.05) is 18.2 Å². The van der Waals surface area contributed by atoms with Gasteiger partial charge in [0.2, 0.25) is 0 Å². The third-order valence-corrected chi connectivity index (χ3v) is 4.12. The molecule has 28 heavy (non-hydrogen) atoms. The number of likely N-dealkylation sites (N-methyl/N-ethyl adjacent to an activating group) is 1. The van der Waals surface area contributed by atoms with Crippen molar-refractivity contribution in [3.05, 3.63) is 65.2 Å². The van der Waals surface area contributed by atoms with Crippen molar-refractivity contribution in [2.75, 3.05) is 25.7 Å². The maximum atomic E-state index is 12.9. The van der Waals surface area contributed by atoms with Gasteiger partial charge in [0.1, 0.15) is 12.0 Å². The molecule has 146 valence electrons. The standard InChI is InChI=1S/C20H19NO4.C2H4O/c1-4-25-18(13-8-6-5-7-9-13)17-15-11-10-14(20(23)24-3)12-16(15)21(2)19(17)22;1-2-3/h5-12H,4H2,1-3H3;2H,1H3/b18-17-;. The maximum absolute atomic E-state index is 12.9. The van der Waals surface area contributed by atoms with Crippen LogP contribution in [-0.4, -0.2) is 38.9 Å². The average molecular weight is 381 g/mol. The number of nitrogens with zero attached hydrogens (tertiary/aromatic N) is 1. The Labute approximate surface area is 164 Å². The lowest BCUT2D eigenvalue weighted by Gasteiger charge is -2.12. The quantitative estimate of drug-likeness (QED) is 0.350. The van der Waals surface area contributed by atoms with Gasteiger partial charge < -0.3 is 19.2 Å². The second kappa shape index (κ2) is 9.50. The molecule has 1 aliphatic rings. The molecule has 2 aromatic carbocycles. The molecular weight excluding hydrogens is 358 g/mol. The summed E-state index contributed by atoms with van der Waals surface area (Å²) in [5.74, 6) is -0.0528. The number of carbonyl (C=O) groups excluding carboxylic acids is 3. The third kappa shape index (κ3) is 4.11. The van der Waals surface area contributed by atoms with Gasteiger partial charge in [0.05, 0.1) is 30.5 Å². The summed E-state index contributed by atoms with van der Waals surface area (Å²) in [6.07, 6.45) is 0.750. The lowest BCUT2D eigenvalue weighted by Crippen LogP contribution is -2.21. The summed E-state index contributed by atoms with van der Waals surface area (Å²) in [6, 6.07) is 14.6. The number of aldehydes is 1. The molecule has 0 N–H and O–H groups in total. The molecule has 1 aliphatic heterocycles. The van der Waals surface area contributed by atoms with Gasteiger partial charge in [0.15, 0.2) is 0 Å². The third-order valence-electron chi connectivity index (χ3n) is 4.12. The Morgan fingerprint density at radius 1 is 1.11 bits per heavy atom. The summed E-state index contributed by atoms with van der Waals surface area (Å²) >= 11 is 0. The molecule has 0 aliphatic carbocycles. The van der Waals surface area contributed by atoms with Gasteiger partial charge in [0.25, 0.3) is 5.91 Å². The van der Waals surface area contributed by atoms with E-state index < -0.39 is 5.97 Å². The van der Waals surface area contributed by atoms with Gasteiger partial charge in [-0.1, -0.05) is 36.4 Å². The molecule has 2 aromatic rings. The van der Waals surface area contributed by atoms with E-state index in [9.17, 15) is 9.59 Å². The highest BCUT2D eigenvalue weighted by Crippen LogP contribution is 2.41. The fourth-order valence-corrected chi connectivity index (χ4v) is 2.91. The van der Waals surface area contributed by atoms with Crippen molar-refractivity contribution >= 4 is 35.2 Å². The first kappa shape index (κ1) is 20.9. The summed E-state index contributed by atoms with van der Waals surface area (Å²) in [7, 11) is 3.02. The predicted octanol–water partition coefficient (Wildman–Crippen LogP) is 3.56. The average Bonchev–Trinajstić information content (AvgIpc) is 2.97. The molecule has 0 spiro atoms. The number of hydrogen-bond donors (Lipinski definition) is 0. The molecule has 0 atom stereocenters. The Bertz CT molecular complexity index is 902. The van der Waals surface area contributed by atoms with Crippen LogP contribution in [0, 0.1) is 0 Å². The summed E-state index contributed by atoms with van der Waals surface area (Å²) in [5, 5.41) is 0. The van der Waals surface area contributed by atoms with Crippen molar-refractivity contribution in [1.29, 1.82) is 0 Å². The van der Waals surface area contributed by atoms with E-state index in [1.54, 1.807) is 25.2 Å². The molecular formula is C22H23NO5. The summed E-state index contributed by atoms with van der Waals surface area (Å²) in [4.78, 5) is 35.0. The van der Waals surface area contributed by atoms with Gasteiger partial charge in [-0.15, -0.1) is 0 Å². The topological polar surface area (TPSA) is 72.9 Å². The molecule has 0 radical (unpaired) electrons. The van der Waals surface area contributed by atoms with Crippen LogP contribution in [0.4, 0.5) is 5.69 Å². The first-order valence-corrected chi connectivity index (χ1v) is 8.83. The fourth-order valence-electron chi connectivity index (χ4n) is 2.91. The van der Waals surface area contributed by atoms with E-state index in [0.717, 1.165) is 17.4 Å². The lowest BCUT2D eigenvalue weighted by molar-refractivity contribution is -0.112. The van der Waals surface area contributed by atoms with E-state index in [1.807, 2.05) is 37.3 Å². The number of fused-ring (bicyclic) bond motifs is 1. The van der Waals surface area contributed by atoms with Crippen LogP contribution in [0.15, 0.2) is 48.5 Å². The Morgan fingerprint density at radius 3 is 2.32 bits per heavy atom. The smallest absolute Gasteiger partial charge is 0.337 e. The Hall–Kier alpha value is -3.41. The first-order valence-electron chi connectivity index (χ1n) is 8.83. The number of hydrogen-bond acceptors (Lipinski definition) is 5. The zero-order valence-electron chi connectivity index (χ0n) is 16.4. The van der Waals surface area contributed by atoms with E-state index in [4.69, 9.17) is 14.3 Å². The molecule has 0 saturated heterocycles. The maximum Gasteiger partial charge on any atom is 0.337 e. The van der Waals surface area contributed by atoms with E-state index in [1.165, 1.54) is 18.9 Å². The van der Waals surface area contributed by atoms with Crippen molar-refractivity contribution in [1.82, 2.24) is 0 Å². The van der Waals surface area contributed by atoms with Crippen molar-refractivity contribution in [2.24, 2.45) is 0 Å². The number of methoxy groups -OCH3 is 1. The van der Waals surface area contributed by atoms with Crippen molar-refractivity contribution in [2.45, 2.75) is 13.8 Å². The SMILES string of the molecule is CC=O.CCO/C(=C1\C(=O)N(C)c2cc(C(=O)OC)ccc21)c1ccccc1. The summed E-state index contributed by atoms with van der Waals surface area (Å²) in [6.45, 7) is 3.77. The molecule has 3 rings (SSSR count). The zero-order valence-corrected chi connectivity index (χ0v) is 16.4. The van der Waals surface area contributed by atoms with Crippen molar-refractivity contribution in [3.8, 4) is 0 Å². The lowest BCUT2D eigenvalue weighted by atomic mass is 10.0. The second-order valence-electron chi connectivity index (χ2n) is 5.83. The van der Waals surface area contributed by atoms with Crippen LogP contribution >= 0.6 is 0 Å². The monoisotopic (exact) mass is 381 g/mol. The second-order valence-corrected chi connectivity index (χ2v) is 5.83. The van der Waals surface area contributed by atoms with E-state index in [-0.39, 0.29) is 5.91 Å². The Balaban J connectivity index is 0.000000878. The molecule has 0 unspecified atom stereocenters. The van der Waals surface area contributed by atoms with Crippen LogP contribution in [0.5, 0.6) is 0 Å². The molecule has 0 fully saturated rings. The van der Waals surface area contributed by atoms with E-state index >= 15 is 0 Å². The summed E-state index contributed by atoms with van der Waals surface area (Å²) in [5.41, 5.74) is 3.15. The van der Waals surface area contributed by atoms with E-state index in [0.29, 0.717) is 29.2 Å². The highest BCUT2D eigenvalue weighted by atomic mass is 16.5. The van der Waals surface area contributed by atoms with Gasteiger partial charge in [-0.2, -0.15) is 0 Å². The number of rotatable bonds is 4. The van der Waals surface area contributed by atoms with Crippen LogP contribution < -0.4 is 4.90 Å². The molecule has 6 nitrogen and oxygen atoms in total. The molecule has 6 heteroatoms. The van der Waals surface area contributed by atoms with Gasteiger partial charge in [-0.05, 0) is 26.0 Å². The number of carbonyl (C=O) groups is 3. The van der Waals surface area contributed by atoms with Crippen molar-refractivity contribution in [3.63, 3.8) is 0 Å². The van der Waals surface area contributed by atoms with Gasteiger partial charge in [-0.25, -0.2) is 4.79 Å². The number of esters is 1. The Morgan fingerprint density at radius 2 is 1.75 bits per heavy atom. The number of amides is 1. The zero-order chi connectivity index (χ0) is 20.7. The fraction of sp³-hybridized carbons (Fsp3) is 0.227. The highest BCUT2D eigenvalue weighted by Gasteiger charge is 2.34. The predicted molar refractivity (Wildman–Crippen MR) is 108 cm³/mol. The van der Waals surface area contributed by atoms with Crippen LogP contribution in [-0.2, 0) is 19.1 Å². The number of anilines is 1. The largest absolute Gasteiger partial charge is 0.492 e. The molecule has 1 heterocycles. The minimum Gasteiger partial charge on any atom is -0.492 e. The molecule has 0 saturated carbocycles. The van der Waals surface area contributed by atoms with Crippen LogP contribution in [0.25, 0.3) is 11.3 Å². The van der Waals surface area contributed by atoms with Gasteiger partial charge in [-0.3, -0.25) is 4.79 Å². The summed E-state index contributed by atoms with van der Waals surface area (Å²) < 4.78 is 10.6. The van der Waals surface area contributed by atoms with E-state index in [2.05, 4.69) is 0 Å². The van der Waals surface area contributed by atoms with Gasteiger partial charge >= 0.3 is 5.97 Å². The minimum atomic E-state index is -0.436. The van der Waals surface area contributed by atoms with Crippen LogP contribution in [0.2, 0.25) is 0 Å². The van der Waals surface area contributed by atoms with Crippen molar-refractivity contribution < 1.29 is 23.9 Å². The molecule has 1 amide bonds. The number of ether oxygens (including phenoxy) is 2.